The predicted octanol–water partition coefficient (Wildman–Crippen LogP) is 1.71. The van der Waals surface area contributed by atoms with E-state index < -0.39 is 0 Å². The van der Waals surface area contributed by atoms with Crippen LogP contribution in [0, 0.1) is 0 Å². The number of hydrogen-bond acceptors (Lipinski definition) is 7. The van der Waals surface area contributed by atoms with Gasteiger partial charge in [0.2, 0.25) is 11.9 Å². The molecule has 0 aliphatic carbocycles. The molecule has 0 spiro atoms. The lowest BCUT2D eigenvalue weighted by atomic mass is 10.2. The summed E-state index contributed by atoms with van der Waals surface area (Å²) in [4.78, 5) is 15.2. The zero-order chi connectivity index (χ0) is 15.2. The molecule has 1 aliphatic rings. The molecule has 7 nitrogen and oxygen atoms in total. The summed E-state index contributed by atoms with van der Waals surface area (Å²) in [7, 11) is 1.79. The molecule has 1 aromatic rings. The smallest absolute Gasteiger partial charge is 0.323 e. The van der Waals surface area contributed by atoms with Crippen LogP contribution in [0.2, 0.25) is 0 Å². The van der Waals surface area contributed by atoms with Crippen LogP contribution in [0.4, 0.5) is 11.9 Å². The molecule has 1 aliphatic heterocycles. The Morgan fingerprint density at radius 2 is 2.19 bits per heavy atom. The average molecular weight is 295 g/mol. The van der Waals surface area contributed by atoms with Crippen molar-refractivity contribution in [3.63, 3.8) is 0 Å². The van der Waals surface area contributed by atoms with E-state index in [2.05, 4.69) is 32.1 Å². The molecular weight excluding hydrogens is 270 g/mol. The summed E-state index contributed by atoms with van der Waals surface area (Å²) in [6, 6.07) is 0.352. The first-order valence-electron chi connectivity index (χ1n) is 7.59. The van der Waals surface area contributed by atoms with E-state index in [1.54, 1.807) is 7.05 Å². The normalized spacial score (nSPS) is 18.0. The summed E-state index contributed by atoms with van der Waals surface area (Å²) in [5.41, 5.74) is 0. The Balaban J connectivity index is 2.17. The molecule has 21 heavy (non-hydrogen) atoms. The predicted molar refractivity (Wildman–Crippen MR) is 82.0 cm³/mol. The van der Waals surface area contributed by atoms with E-state index in [0.29, 0.717) is 17.9 Å². The van der Waals surface area contributed by atoms with E-state index in [4.69, 9.17) is 9.47 Å². The van der Waals surface area contributed by atoms with Crippen LogP contribution < -0.4 is 15.0 Å². The minimum Gasteiger partial charge on any atom is -0.461 e. The molecule has 1 atom stereocenters. The van der Waals surface area contributed by atoms with Gasteiger partial charge in [-0.25, -0.2) is 0 Å². The molecule has 1 aromatic heterocycles. The monoisotopic (exact) mass is 295 g/mol. The van der Waals surface area contributed by atoms with Gasteiger partial charge < -0.3 is 19.7 Å². The number of anilines is 2. The highest BCUT2D eigenvalue weighted by Crippen LogP contribution is 2.19. The number of hydrogen-bond donors (Lipinski definition) is 1. The first-order valence-corrected chi connectivity index (χ1v) is 7.59. The molecule has 2 rings (SSSR count). The van der Waals surface area contributed by atoms with Crippen molar-refractivity contribution in [2.45, 2.75) is 45.8 Å². The average Bonchev–Trinajstić information content (AvgIpc) is 2.96. The van der Waals surface area contributed by atoms with E-state index in [-0.39, 0.29) is 12.2 Å². The van der Waals surface area contributed by atoms with Crippen LogP contribution in [0.25, 0.3) is 0 Å². The van der Waals surface area contributed by atoms with Gasteiger partial charge in [0.1, 0.15) is 0 Å². The van der Waals surface area contributed by atoms with Crippen molar-refractivity contribution in [2.75, 3.05) is 37.0 Å². The van der Waals surface area contributed by atoms with Gasteiger partial charge in [0.15, 0.2) is 0 Å². The van der Waals surface area contributed by atoms with Crippen LogP contribution in [0.5, 0.6) is 6.01 Å². The molecule has 0 saturated carbocycles. The van der Waals surface area contributed by atoms with Crippen LogP contribution in [0.3, 0.4) is 0 Å². The Morgan fingerprint density at radius 3 is 2.76 bits per heavy atom. The highest BCUT2D eigenvalue weighted by molar-refractivity contribution is 5.38. The highest BCUT2D eigenvalue weighted by Gasteiger charge is 2.21. The Hall–Kier alpha value is -1.63. The van der Waals surface area contributed by atoms with Gasteiger partial charge in [0.25, 0.3) is 0 Å². The van der Waals surface area contributed by atoms with Crippen LogP contribution in [0.1, 0.15) is 33.6 Å². The summed E-state index contributed by atoms with van der Waals surface area (Å²) >= 11 is 0. The molecule has 7 heteroatoms. The number of aromatic nitrogens is 3. The quantitative estimate of drug-likeness (QED) is 0.821. The van der Waals surface area contributed by atoms with Crippen LogP contribution in [-0.2, 0) is 4.74 Å². The minimum absolute atomic E-state index is 0.0261. The topological polar surface area (TPSA) is 72.4 Å². The molecule has 1 unspecified atom stereocenters. The van der Waals surface area contributed by atoms with Gasteiger partial charge in [-0.05, 0) is 33.6 Å². The Bertz CT molecular complexity index is 449. The maximum Gasteiger partial charge on any atom is 0.323 e. The van der Waals surface area contributed by atoms with Gasteiger partial charge in [0, 0.05) is 26.7 Å². The number of ether oxygens (including phenoxy) is 2. The summed E-state index contributed by atoms with van der Waals surface area (Å²) in [5.74, 6) is 1.14. The van der Waals surface area contributed by atoms with Crippen LogP contribution >= 0.6 is 0 Å². The van der Waals surface area contributed by atoms with Crippen molar-refractivity contribution < 1.29 is 9.47 Å². The summed E-state index contributed by atoms with van der Waals surface area (Å²) in [5, 5.41) is 2.95. The van der Waals surface area contributed by atoms with Crippen LogP contribution in [0.15, 0.2) is 0 Å². The highest BCUT2D eigenvalue weighted by atomic mass is 16.5. The van der Waals surface area contributed by atoms with Crippen molar-refractivity contribution in [1.82, 2.24) is 15.0 Å². The Labute approximate surface area is 126 Å². The zero-order valence-electron chi connectivity index (χ0n) is 13.3. The van der Waals surface area contributed by atoms with Crippen LogP contribution in [-0.4, -0.2) is 53.9 Å². The number of likely N-dealkylation sites (N-methyl/N-ethyl adjacent to an activating group) is 1. The fraction of sp³-hybridized carbons (Fsp3) is 0.786. The van der Waals surface area contributed by atoms with E-state index in [1.807, 2.05) is 13.8 Å². The summed E-state index contributed by atoms with van der Waals surface area (Å²) < 4.78 is 11.3. The molecule has 1 saturated heterocycles. The van der Waals surface area contributed by atoms with E-state index in [0.717, 1.165) is 32.5 Å². The lowest BCUT2D eigenvalue weighted by molar-refractivity contribution is 0.115. The van der Waals surface area contributed by atoms with Crippen molar-refractivity contribution in [1.29, 1.82) is 0 Å². The minimum atomic E-state index is 0.0261. The van der Waals surface area contributed by atoms with Crippen molar-refractivity contribution >= 4 is 11.9 Å². The maximum atomic E-state index is 5.70. The van der Waals surface area contributed by atoms with Gasteiger partial charge >= 0.3 is 6.01 Å². The van der Waals surface area contributed by atoms with E-state index in [9.17, 15) is 0 Å². The Kier molecular flexibility index (Phi) is 5.55. The van der Waals surface area contributed by atoms with E-state index in [1.165, 1.54) is 0 Å². The molecule has 118 valence electrons. The van der Waals surface area contributed by atoms with Gasteiger partial charge in [-0.3, -0.25) is 0 Å². The first kappa shape index (κ1) is 15.8. The number of nitrogens with one attached hydrogen (secondary N) is 1. The third kappa shape index (κ3) is 4.42. The second-order valence-corrected chi connectivity index (χ2v) is 5.33. The van der Waals surface area contributed by atoms with Crippen molar-refractivity contribution in [3.8, 4) is 6.01 Å². The molecule has 2 heterocycles. The second-order valence-electron chi connectivity index (χ2n) is 5.33. The zero-order valence-corrected chi connectivity index (χ0v) is 13.3. The van der Waals surface area contributed by atoms with Crippen molar-refractivity contribution in [2.24, 2.45) is 0 Å². The fourth-order valence-corrected chi connectivity index (χ4v) is 2.25. The number of nitrogens with zero attached hydrogens (tertiary/aromatic N) is 4. The molecular formula is C14H25N5O2. The van der Waals surface area contributed by atoms with Gasteiger partial charge in [-0.1, -0.05) is 0 Å². The molecule has 0 bridgehead atoms. The SMILES string of the molecule is CCN(CC1CCCO1)c1nc(NC)nc(OC(C)C)n1. The lowest BCUT2D eigenvalue weighted by Gasteiger charge is -2.24. The molecule has 1 fully saturated rings. The van der Waals surface area contributed by atoms with Gasteiger partial charge in [0.05, 0.1) is 12.2 Å². The molecule has 0 aromatic carbocycles. The first-order chi connectivity index (χ1) is 10.1. The molecule has 0 amide bonds. The largest absolute Gasteiger partial charge is 0.461 e. The Morgan fingerprint density at radius 1 is 1.38 bits per heavy atom. The lowest BCUT2D eigenvalue weighted by Crippen LogP contribution is -2.33. The van der Waals surface area contributed by atoms with Gasteiger partial charge in [-0.15, -0.1) is 0 Å². The molecule has 0 radical (unpaired) electrons. The maximum absolute atomic E-state index is 5.70. The fourth-order valence-electron chi connectivity index (χ4n) is 2.25. The third-order valence-corrected chi connectivity index (χ3v) is 3.28. The summed E-state index contributed by atoms with van der Waals surface area (Å²) in [6.07, 6.45) is 2.51. The van der Waals surface area contributed by atoms with Crippen molar-refractivity contribution in [3.05, 3.63) is 0 Å². The number of rotatable bonds is 7. The van der Waals surface area contributed by atoms with Gasteiger partial charge in [-0.2, -0.15) is 15.0 Å². The molecule has 1 N–H and O–H groups in total. The third-order valence-electron chi connectivity index (χ3n) is 3.28. The second kappa shape index (κ2) is 7.40. The summed E-state index contributed by atoms with van der Waals surface area (Å²) in [6.45, 7) is 8.45. The standard InChI is InChI=1S/C14H25N5O2/c1-5-19(9-11-7-6-8-20-11)13-16-12(15-4)17-14(18-13)21-10(2)3/h10-11H,5-9H2,1-4H3,(H,15,16,17,18). The van der Waals surface area contributed by atoms with E-state index >= 15 is 0 Å².